The molecule has 3 N–H and O–H groups in total. The molecular formula is C22H33ClN2O4. The van der Waals surface area contributed by atoms with Gasteiger partial charge in [-0.25, -0.2) is 4.79 Å². The summed E-state index contributed by atoms with van der Waals surface area (Å²) in [5, 5.41) is 2.83. The summed E-state index contributed by atoms with van der Waals surface area (Å²) in [6, 6.07) is -1.20. The van der Waals surface area contributed by atoms with Crippen LogP contribution in [0.4, 0.5) is 4.79 Å². The second-order valence-electron chi connectivity index (χ2n) is 7.99. The maximum absolute atomic E-state index is 12.2. The standard InChI is InChI=1S/C22H33ClN2O4/c1-6-28-20(26)19(24)14-18(25-21(27)29-22(3,4)5)13-16-7-9-17(10-8-16)15(2)11-12-23/h7-9,11-12,17-19H,2,6,10,13-14,24H2,1,3-5H3,(H,25,27)/b12-11+/t17?,18-,19-/m1/s1. The lowest BCUT2D eigenvalue weighted by Crippen LogP contribution is -2.44. The number of esters is 1. The highest BCUT2D eigenvalue weighted by Crippen LogP contribution is 2.26. The van der Waals surface area contributed by atoms with E-state index in [0.29, 0.717) is 6.42 Å². The van der Waals surface area contributed by atoms with E-state index in [1.54, 1.807) is 33.8 Å². The summed E-state index contributed by atoms with van der Waals surface area (Å²) in [7, 11) is 0. The zero-order valence-electron chi connectivity index (χ0n) is 17.7. The quantitative estimate of drug-likeness (QED) is 0.424. The number of rotatable bonds is 9. The molecule has 1 unspecified atom stereocenters. The van der Waals surface area contributed by atoms with Crippen LogP contribution in [-0.4, -0.2) is 36.4 Å². The molecule has 7 heteroatoms. The van der Waals surface area contributed by atoms with E-state index in [2.05, 4.69) is 24.0 Å². The van der Waals surface area contributed by atoms with E-state index in [4.69, 9.17) is 26.8 Å². The van der Waals surface area contributed by atoms with Gasteiger partial charge in [0.1, 0.15) is 11.6 Å². The Balaban J connectivity index is 2.80. The van der Waals surface area contributed by atoms with Crippen molar-refractivity contribution in [2.75, 3.05) is 6.61 Å². The third-order valence-electron chi connectivity index (χ3n) is 4.26. The van der Waals surface area contributed by atoms with E-state index in [1.807, 2.05) is 6.08 Å². The molecular weight excluding hydrogens is 392 g/mol. The number of hydrogen-bond donors (Lipinski definition) is 2. The summed E-state index contributed by atoms with van der Waals surface area (Å²) >= 11 is 5.62. The van der Waals surface area contributed by atoms with E-state index in [1.165, 1.54) is 5.54 Å². The number of amides is 1. The second kappa shape index (κ2) is 11.8. The van der Waals surface area contributed by atoms with Crippen LogP contribution in [0.1, 0.15) is 47.0 Å². The summed E-state index contributed by atoms with van der Waals surface area (Å²) in [6.45, 7) is 11.4. The summed E-state index contributed by atoms with van der Waals surface area (Å²) in [6.07, 6.45) is 8.94. The molecule has 0 aromatic carbocycles. The summed E-state index contributed by atoms with van der Waals surface area (Å²) in [4.78, 5) is 24.2. The lowest BCUT2D eigenvalue weighted by atomic mass is 9.88. The van der Waals surface area contributed by atoms with Gasteiger partial charge in [0.25, 0.3) is 0 Å². The molecule has 1 aliphatic rings. The van der Waals surface area contributed by atoms with Gasteiger partial charge in [0.05, 0.1) is 6.61 Å². The van der Waals surface area contributed by atoms with Gasteiger partial charge in [0.15, 0.2) is 0 Å². The van der Waals surface area contributed by atoms with Crippen LogP contribution in [0.15, 0.2) is 47.6 Å². The number of hydrogen-bond acceptors (Lipinski definition) is 5. The van der Waals surface area contributed by atoms with Crippen molar-refractivity contribution in [3.8, 4) is 0 Å². The largest absolute Gasteiger partial charge is 0.465 e. The van der Waals surface area contributed by atoms with Crippen LogP contribution in [0.3, 0.4) is 0 Å². The van der Waals surface area contributed by atoms with Crippen molar-refractivity contribution in [3.63, 3.8) is 0 Å². The Morgan fingerprint density at radius 2 is 2.14 bits per heavy atom. The lowest BCUT2D eigenvalue weighted by Gasteiger charge is -2.26. The van der Waals surface area contributed by atoms with Gasteiger partial charge < -0.3 is 20.5 Å². The van der Waals surface area contributed by atoms with Gasteiger partial charge in [-0.05, 0) is 58.6 Å². The molecule has 0 radical (unpaired) electrons. The minimum atomic E-state index is -0.829. The van der Waals surface area contributed by atoms with Gasteiger partial charge in [0.2, 0.25) is 0 Å². The molecule has 0 aromatic rings. The number of alkyl carbamates (subject to hydrolysis) is 1. The van der Waals surface area contributed by atoms with Crippen LogP contribution in [0.2, 0.25) is 0 Å². The number of allylic oxidation sites excluding steroid dienone is 5. The van der Waals surface area contributed by atoms with Crippen LogP contribution < -0.4 is 11.1 Å². The van der Waals surface area contributed by atoms with Crippen molar-refractivity contribution in [2.24, 2.45) is 11.7 Å². The first-order valence-corrected chi connectivity index (χ1v) is 10.2. The van der Waals surface area contributed by atoms with Crippen LogP contribution in [-0.2, 0) is 14.3 Å². The summed E-state index contributed by atoms with van der Waals surface area (Å²) < 4.78 is 10.3. The van der Waals surface area contributed by atoms with E-state index in [9.17, 15) is 9.59 Å². The van der Waals surface area contributed by atoms with Crippen molar-refractivity contribution in [3.05, 3.63) is 47.6 Å². The monoisotopic (exact) mass is 424 g/mol. The third-order valence-corrected chi connectivity index (χ3v) is 4.39. The number of carbonyl (C=O) groups excluding carboxylic acids is 2. The first-order chi connectivity index (χ1) is 13.6. The maximum atomic E-state index is 12.2. The highest BCUT2D eigenvalue weighted by molar-refractivity contribution is 6.25. The van der Waals surface area contributed by atoms with Crippen molar-refractivity contribution >= 4 is 23.7 Å². The van der Waals surface area contributed by atoms with Crippen molar-refractivity contribution < 1.29 is 19.1 Å². The Kier molecular flexibility index (Phi) is 10.2. The summed E-state index contributed by atoms with van der Waals surface area (Å²) in [5.41, 5.74) is 8.78. The van der Waals surface area contributed by atoms with Crippen LogP contribution in [0, 0.1) is 5.92 Å². The Morgan fingerprint density at radius 1 is 1.45 bits per heavy atom. The Bertz CT molecular complexity index is 677. The van der Waals surface area contributed by atoms with Gasteiger partial charge >= 0.3 is 12.1 Å². The molecule has 0 aliphatic heterocycles. The molecule has 1 aliphatic carbocycles. The molecule has 6 nitrogen and oxygen atoms in total. The fraction of sp³-hybridized carbons (Fsp3) is 0.545. The fourth-order valence-electron chi connectivity index (χ4n) is 2.90. The van der Waals surface area contributed by atoms with Gasteiger partial charge in [-0.15, -0.1) is 0 Å². The van der Waals surface area contributed by atoms with E-state index >= 15 is 0 Å². The maximum Gasteiger partial charge on any atom is 0.407 e. The van der Waals surface area contributed by atoms with E-state index in [-0.39, 0.29) is 25.0 Å². The number of ether oxygens (including phenoxy) is 2. The average Bonchev–Trinajstić information content (AvgIpc) is 2.60. The first-order valence-electron chi connectivity index (χ1n) is 9.80. The zero-order chi connectivity index (χ0) is 22.0. The molecule has 0 heterocycles. The van der Waals surface area contributed by atoms with Gasteiger partial charge in [-0.3, -0.25) is 4.79 Å². The van der Waals surface area contributed by atoms with E-state index < -0.39 is 23.7 Å². The zero-order valence-corrected chi connectivity index (χ0v) is 18.5. The highest BCUT2D eigenvalue weighted by atomic mass is 35.5. The second-order valence-corrected chi connectivity index (χ2v) is 8.24. The van der Waals surface area contributed by atoms with Crippen molar-refractivity contribution in [2.45, 2.75) is 64.6 Å². The molecule has 0 aromatic heterocycles. The average molecular weight is 425 g/mol. The molecule has 0 fully saturated rings. The molecule has 3 atom stereocenters. The van der Waals surface area contributed by atoms with Gasteiger partial charge in [-0.1, -0.05) is 42.0 Å². The van der Waals surface area contributed by atoms with Gasteiger partial charge in [0, 0.05) is 17.5 Å². The molecule has 162 valence electrons. The Labute approximate surface area is 178 Å². The Morgan fingerprint density at radius 3 is 2.66 bits per heavy atom. The third kappa shape index (κ3) is 9.81. The molecule has 0 spiro atoms. The smallest absolute Gasteiger partial charge is 0.407 e. The summed E-state index contributed by atoms with van der Waals surface area (Å²) in [5.74, 6) is -0.298. The minimum absolute atomic E-state index is 0.188. The topological polar surface area (TPSA) is 90.7 Å². The van der Waals surface area contributed by atoms with Crippen molar-refractivity contribution in [1.82, 2.24) is 5.32 Å². The molecule has 0 saturated heterocycles. The Hall–Kier alpha value is -2.05. The highest BCUT2D eigenvalue weighted by Gasteiger charge is 2.25. The normalized spacial score (nSPS) is 18.7. The minimum Gasteiger partial charge on any atom is -0.465 e. The number of halogens is 1. The van der Waals surface area contributed by atoms with Crippen LogP contribution in [0.5, 0.6) is 0 Å². The van der Waals surface area contributed by atoms with Crippen molar-refractivity contribution in [1.29, 1.82) is 0 Å². The molecule has 0 saturated carbocycles. The lowest BCUT2D eigenvalue weighted by molar-refractivity contribution is -0.145. The number of nitrogens with one attached hydrogen (secondary N) is 1. The number of nitrogens with two attached hydrogens (primary N) is 1. The molecule has 1 amide bonds. The fourth-order valence-corrected chi connectivity index (χ4v) is 3.06. The molecule has 1 rings (SSSR count). The number of carbonyl (C=O) groups is 2. The van der Waals surface area contributed by atoms with Gasteiger partial charge in [-0.2, -0.15) is 0 Å². The molecule has 29 heavy (non-hydrogen) atoms. The van der Waals surface area contributed by atoms with E-state index in [0.717, 1.165) is 17.6 Å². The predicted molar refractivity (Wildman–Crippen MR) is 116 cm³/mol. The predicted octanol–water partition coefficient (Wildman–Crippen LogP) is 4.36. The molecule has 0 bridgehead atoms. The van der Waals surface area contributed by atoms with Crippen LogP contribution in [0.25, 0.3) is 0 Å². The van der Waals surface area contributed by atoms with Crippen LogP contribution >= 0.6 is 11.6 Å². The SMILES string of the molecule is C=C(/C=C/Cl)C1C=CC(C[C@H](C[C@@H](N)C(=O)OCC)NC(=O)OC(C)(C)C)=CC1. The first kappa shape index (κ1) is 25.0.